The zero-order valence-corrected chi connectivity index (χ0v) is 11.4. The third-order valence-corrected chi connectivity index (χ3v) is 4.02. The van der Waals surface area contributed by atoms with E-state index in [-0.39, 0.29) is 29.1 Å². The smallest absolute Gasteiger partial charge is 0.353 e. The Hall–Kier alpha value is -2.17. The van der Waals surface area contributed by atoms with E-state index in [1.54, 1.807) is 12.3 Å². The summed E-state index contributed by atoms with van der Waals surface area (Å²) in [5.74, 6) is -1.44. The molecule has 1 saturated heterocycles. The molecule has 21 heavy (non-hydrogen) atoms. The lowest BCUT2D eigenvalue weighted by molar-refractivity contribution is -0.141. The Morgan fingerprint density at radius 3 is 2.95 bits per heavy atom. The third-order valence-electron chi connectivity index (χ3n) is 2.94. The molecule has 2 aliphatic heterocycles. The van der Waals surface area contributed by atoms with Gasteiger partial charge in [0.15, 0.2) is 0 Å². The first-order chi connectivity index (χ1) is 9.61. The highest BCUT2D eigenvalue weighted by Gasteiger charge is 2.49. The van der Waals surface area contributed by atoms with Crippen LogP contribution in [0.25, 0.3) is 6.08 Å². The molecule has 2 aliphatic rings. The molecule has 1 aromatic heterocycles. The van der Waals surface area contributed by atoms with Gasteiger partial charge in [-0.1, -0.05) is 5.21 Å². The van der Waals surface area contributed by atoms with Crippen LogP contribution in [0.5, 0.6) is 0 Å². The Morgan fingerprint density at radius 2 is 2.29 bits per heavy atom. The van der Waals surface area contributed by atoms with Gasteiger partial charge in [-0.2, -0.15) is 0 Å². The Kier molecular flexibility index (Phi) is 4.11. The fourth-order valence-corrected chi connectivity index (χ4v) is 3.14. The van der Waals surface area contributed by atoms with Crippen molar-refractivity contribution in [2.24, 2.45) is 0 Å². The third kappa shape index (κ3) is 2.44. The number of carbonyl (C=O) groups excluding carboxylic acids is 1. The summed E-state index contributed by atoms with van der Waals surface area (Å²) in [5, 5.41) is 26.6. The highest BCUT2D eigenvalue weighted by Crippen LogP contribution is 2.44. The number of thioether (sulfide) groups is 1. The van der Waals surface area contributed by atoms with E-state index in [0.717, 1.165) is 0 Å². The molecule has 1 fully saturated rings. The monoisotopic (exact) mass is 312 g/mol. The van der Waals surface area contributed by atoms with Crippen LogP contribution in [0.15, 0.2) is 22.9 Å². The van der Waals surface area contributed by atoms with Gasteiger partial charge in [-0.3, -0.25) is 9.69 Å². The van der Waals surface area contributed by atoms with Crippen LogP contribution in [0, 0.1) is 0 Å². The molecule has 112 valence electrons. The average molecular weight is 312 g/mol. The number of hydrogen-bond acceptors (Lipinski definition) is 6. The number of aliphatic hydroxyl groups excluding tert-OH is 1. The summed E-state index contributed by atoms with van der Waals surface area (Å²) >= 11 is 1.28. The first kappa shape index (κ1) is 15.2. The molecule has 0 aromatic carbocycles. The van der Waals surface area contributed by atoms with E-state index >= 15 is 0 Å². The summed E-state index contributed by atoms with van der Waals surface area (Å²) in [7, 11) is 0. The first-order valence-corrected chi connectivity index (χ1v) is 6.71. The van der Waals surface area contributed by atoms with Crippen LogP contribution in [0.2, 0.25) is 0 Å². The highest BCUT2D eigenvalue weighted by molar-refractivity contribution is 8.03. The molecule has 4 N–H and O–H groups in total. The maximum absolute atomic E-state index is 11.9. The van der Waals surface area contributed by atoms with Crippen LogP contribution in [0.1, 0.15) is 5.69 Å². The second-order valence-corrected chi connectivity index (χ2v) is 5.16. The van der Waals surface area contributed by atoms with E-state index in [1.165, 1.54) is 26.8 Å². The number of fused-ring (bicyclic) bond motifs is 1. The van der Waals surface area contributed by atoms with Crippen molar-refractivity contribution < 1.29 is 25.3 Å². The number of β-lactam (4-membered cyclic amide) rings is 1. The molecule has 3 heterocycles. The minimum Gasteiger partial charge on any atom is -0.477 e. The van der Waals surface area contributed by atoms with Gasteiger partial charge in [0.1, 0.15) is 16.8 Å². The molecule has 1 aromatic rings. The number of aliphatic hydroxyl groups is 1. The zero-order valence-electron chi connectivity index (χ0n) is 10.6. The summed E-state index contributed by atoms with van der Waals surface area (Å²) < 4.78 is 1.47. The number of carbonyl (C=O) groups is 2. The molecule has 0 saturated carbocycles. The van der Waals surface area contributed by atoms with Gasteiger partial charge in [-0.15, -0.1) is 16.9 Å². The van der Waals surface area contributed by atoms with Crippen molar-refractivity contribution >= 4 is 29.7 Å². The quantitative estimate of drug-likeness (QED) is 0.518. The van der Waals surface area contributed by atoms with Crippen molar-refractivity contribution in [1.29, 1.82) is 0 Å². The van der Waals surface area contributed by atoms with Gasteiger partial charge in [0.2, 0.25) is 0 Å². The number of hydrogen-bond donors (Lipinski definition) is 2. The number of amides is 1. The second kappa shape index (κ2) is 5.68. The molecule has 0 unspecified atom stereocenters. The van der Waals surface area contributed by atoms with Crippen molar-refractivity contribution in [1.82, 2.24) is 19.9 Å². The van der Waals surface area contributed by atoms with Gasteiger partial charge >= 0.3 is 5.97 Å². The van der Waals surface area contributed by atoms with Crippen LogP contribution in [-0.4, -0.2) is 59.4 Å². The summed E-state index contributed by atoms with van der Waals surface area (Å²) in [6.07, 6.45) is 3.21. The van der Waals surface area contributed by atoms with Crippen molar-refractivity contribution in [3.63, 3.8) is 0 Å². The summed E-state index contributed by atoms with van der Waals surface area (Å²) in [6, 6.07) is 0. The standard InChI is InChI=1S/C11H10N4O4S.H2O/c16-2-1-14-4-6(12-13-14)3-7-9(17)15-8(11(18)19)5-20-10(7)15;/h3-5,10,16H,1-2H2,(H,18,19);1H2/t10-;/m1./s1. The van der Waals surface area contributed by atoms with Crippen LogP contribution in [-0.2, 0) is 16.1 Å². The number of carboxylic acid groups (broad SMARTS) is 1. The second-order valence-electron chi connectivity index (χ2n) is 4.20. The van der Waals surface area contributed by atoms with E-state index in [1.807, 2.05) is 0 Å². The lowest BCUT2D eigenvalue weighted by Gasteiger charge is -2.36. The van der Waals surface area contributed by atoms with E-state index in [2.05, 4.69) is 10.3 Å². The number of rotatable bonds is 4. The van der Waals surface area contributed by atoms with E-state index < -0.39 is 5.97 Å². The molecule has 1 atom stereocenters. The molecular formula is C11H12N4O5S. The van der Waals surface area contributed by atoms with Crippen LogP contribution in [0.3, 0.4) is 0 Å². The Balaban J connectivity index is 0.00000161. The largest absolute Gasteiger partial charge is 0.477 e. The topological polar surface area (TPSA) is 140 Å². The molecule has 0 radical (unpaired) electrons. The SMILES string of the molecule is O.O=C(O)C1=CS[C@@H]2C(=Cc3cn(CCO)nn3)C(=O)N12. The van der Waals surface area contributed by atoms with Crippen LogP contribution >= 0.6 is 11.8 Å². The number of nitrogens with zero attached hydrogens (tertiary/aromatic N) is 4. The lowest BCUT2D eigenvalue weighted by Crippen LogP contribution is -2.51. The van der Waals surface area contributed by atoms with Gasteiger partial charge in [0.25, 0.3) is 5.91 Å². The van der Waals surface area contributed by atoms with E-state index in [0.29, 0.717) is 17.8 Å². The molecule has 0 spiro atoms. The van der Waals surface area contributed by atoms with E-state index in [9.17, 15) is 9.59 Å². The maximum atomic E-state index is 11.9. The number of aliphatic carboxylic acids is 1. The first-order valence-electron chi connectivity index (χ1n) is 5.77. The van der Waals surface area contributed by atoms with Crippen LogP contribution in [0.4, 0.5) is 0 Å². The molecule has 0 aliphatic carbocycles. The van der Waals surface area contributed by atoms with Crippen molar-refractivity contribution in [2.75, 3.05) is 6.61 Å². The summed E-state index contributed by atoms with van der Waals surface area (Å²) in [6.45, 7) is 0.287. The minimum absolute atomic E-state index is 0. The van der Waals surface area contributed by atoms with E-state index in [4.69, 9.17) is 10.2 Å². The molecule has 1 amide bonds. The van der Waals surface area contributed by atoms with Crippen molar-refractivity contribution in [3.05, 3.63) is 28.6 Å². The molecule has 10 heteroatoms. The zero-order chi connectivity index (χ0) is 14.3. The predicted octanol–water partition coefficient (Wildman–Crippen LogP) is -1.33. The van der Waals surface area contributed by atoms with Gasteiger partial charge in [0, 0.05) is 5.41 Å². The van der Waals surface area contributed by atoms with Gasteiger partial charge in [0.05, 0.1) is 24.9 Å². The lowest BCUT2D eigenvalue weighted by atomic mass is 10.0. The van der Waals surface area contributed by atoms with Gasteiger partial charge in [-0.05, 0) is 6.08 Å². The fourth-order valence-electron chi connectivity index (χ4n) is 2.02. The van der Waals surface area contributed by atoms with Crippen molar-refractivity contribution in [3.8, 4) is 0 Å². The Bertz CT molecular complexity index is 653. The highest BCUT2D eigenvalue weighted by atomic mass is 32.2. The van der Waals surface area contributed by atoms with Gasteiger partial charge in [-0.25, -0.2) is 9.48 Å². The average Bonchev–Trinajstić information content (AvgIpc) is 3.00. The molecule has 3 rings (SSSR count). The normalized spacial score (nSPS) is 21.7. The molecule has 9 nitrogen and oxygen atoms in total. The minimum atomic E-state index is -1.11. The predicted molar refractivity (Wildman–Crippen MR) is 72.6 cm³/mol. The summed E-state index contributed by atoms with van der Waals surface area (Å²) in [4.78, 5) is 24.1. The Morgan fingerprint density at radius 1 is 1.52 bits per heavy atom. The van der Waals surface area contributed by atoms with Crippen molar-refractivity contribution in [2.45, 2.75) is 11.9 Å². The fraction of sp³-hybridized carbons (Fsp3) is 0.273. The number of carboxylic acids is 1. The van der Waals surface area contributed by atoms with Gasteiger partial charge < -0.3 is 15.7 Å². The Labute approximate surface area is 122 Å². The molecule has 0 bridgehead atoms. The van der Waals surface area contributed by atoms with Crippen LogP contribution < -0.4 is 0 Å². The molecular weight excluding hydrogens is 300 g/mol. The maximum Gasteiger partial charge on any atom is 0.353 e. The summed E-state index contributed by atoms with van der Waals surface area (Å²) in [5.41, 5.74) is 1.01. The number of aromatic nitrogens is 3.